The first kappa shape index (κ1) is 32.0. The maximum atomic E-state index is 14.0. The zero-order valence-corrected chi connectivity index (χ0v) is 24.3. The van der Waals surface area contributed by atoms with E-state index in [4.69, 9.17) is 0 Å². The summed E-state index contributed by atoms with van der Waals surface area (Å²) in [5.74, 6) is -0.301. The lowest BCUT2D eigenvalue weighted by atomic mass is 9.67. The maximum absolute atomic E-state index is 14.0. The SMILES string of the molecule is CC(NC(=O)C1(c2ccccc2)CCC(N2CCC(c3ccc(F)cc3)CC2)CC1)c1cc(C(F)(F)F)cc(C(F)(F)F)c1. The fraction of sp³-hybridized carbons (Fsp3) is 0.441. The summed E-state index contributed by atoms with van der Waals surface area (Å²) in [6.07, 6.45) is -5.63. The molecule has 0 aromatic heterocycles. The number of carbonyl (C=O) groups is 1. The molecule has 44 heavy (non-hydrogen) atoms. The smallest absolute Gasteiger partial charge is 0.349 e. The van der Waals surface area contributed by atoms with Gasteiger partial charge in [0.1, 0.15) is 5.82 Å². The molecule has 1 aliphatic heterocycles. The molecule has 1 amide bonds. The second-order valence-electron chi connectivity index (χ2n) is 12.1. The third kappa shape index (κ3) is 6.95. The van der Waals surface area contributed by atoms with Gasteiger partial charge in [-0.05, 0) is 111 Å². The first-order valence-corrected chi connectivity index (χ1v) is 14.9. The van der Waals surface area contributed by atoms with Crippen LogP contribution in [0.1, 0.15) is 85.2 Å². The Labute approximate surface area is 252 Å². The molecule has 1 saturated heterocycles. The van der Waals surface area contributed by atoms with Gasteiger partial charge in [-0.3, -0.25) is 4.79 Å². The van der Waals surface area contributed by atoms with E-state index in [0.29, 0.717) is 30.9 Å². The van der Waals surface area contributed by atoms with Crippen LogP contribution in [0.2, 0.25) is 0 Å². The van der Waals surface area contributed by atoms with Gasteiger partial charge in [-0.15, -0.1) is 0 Å². The second kappa shape index (κ2) is 12.5. The molecule has 1 N–H and O–H groups in total. The maximum Gasteiger partial charge on any atom is 0.416 e. The molecule has 0 spiro atoms. The molecule has 1 aliphatic carbocycles. The topological polar surface area (TPSA) is 32.3 Å². The number of nitrogens with one attached hydrogen (secondary N) is 1. The largest absolute Gasteiger partial charge is 0.416 e. The number of benzene rings is 3. The average molecular weight is 621 g/mol. The Hall–Kier alpha value is -3.40. The van der Waals surface area contributed by atoms with Gasteiger partial charge >= 0.3 is 12.4 Å². The van der Waals surface area contributed by atoms with Crippen LogP contribution in [0.15, 0.2) is 72.8 Å². The van der Waals surface area contributed by atoms with E-state index in [2.05, 4.69) is 10.2 Å². The Morgan fingerprint density at radius 3 is 1.89 bits per heavy atom. The van der Waals surface area contributed by atoms with Crippen LogP contribution in [0.25, 0.3) is 0 Å². The van der Waals surface area contributed by atoms with Crippen LogP contribution in [0.3, 0.4) is 0 Å². The molecule has 0 radical (unpaired) electrons. The van der Waals surface area contributed by atoms with Gasteiger partial charge in [-0.1, -0.05) is 42.5 Å². The summed E-state index contributed by atoms with van der Waals surface area (Å²) in [5.41, 5.74) is -2.14. The van der Waals surface area contributed by atoms with Crippen molar-refractivity contribution < 1.29 is 35.5 Å². The summed E-state index contributed by atoms with van der Waals surface area (Å²) in [4.78, 5) is 16.4. The van der Waals surface area contributed by atoms with Crippen molar-refractivity contribution in [2.75, 3.05) is 13.1 Å². The first-order chi connectivity index (χ1) is 20.8. The predicted octanol–water partition coefficient (Wildman–Crippen LogP) is 8.80. The molecular formula is C34H35F7N2O. The van der Waals surface area contributed by atoms with Crippen molar-refractivity contribution in [1.29, 1.82) is 0 Å². The number of alkyl halides is 6. The van der Waals surface area contributed by atoms with Crippen LogP contribution >= 0.6 is 0 Å². The average Bonchev–Trinajstić information content (AvgIpc) is 3.01. The number of halogens is 7. The minimum atomic E-state index is -4.98. The fourth-order valence-corrected chi connectivity index (χ4v) is 6.84. The molecule has 236 valence electrons. The molecule has 3 aromatic rings. The molecule has 1 unspecified atom stereocenters. The van der Waals surface area contributed by atoms with Crippen molar-refractivity contribution in [2.24, 2.45) is 0 Å². The van der Waals surface area contributed by atoms with Crippen molar-refractivity contribution in [3.63, 3.8) is 0 Å². The van der Waals surface area contributed by atoms with Crippen LogP contribution in [-0.2, 0) is 22.6 Å². The van der Waals surface area contributed by atoms with Gasteiger partial charge in [0, 0.05) is 6.04 Å². The molecule has 3 aromatic carbocycles. The Kier molecular flexibility index (Phi) is 9.12. The van der Waals surface area contributed by atoms with Gasteiger partial charge in [0.15, 0.2) is 0 Å². The highest BCUT2D eigenvalue weighted by Crippen LogP contribution is 2.43. The van der Waals surface area contributed by atoms with E-state index in [1.807, 2.05) is 42.5 Å². The lowest BCUT2D eigenvalue weighted by Crippen LogP contribution is -2.51. The van der Waals surface area contributed by atoms with Crippen LogP contribution < -0.4 is 5.32 Å². The highest BCUT2D eigenvalue weighted by atomic mass is 19.4. The molecule has 2 aliphatic rings. The molecule has 10 heteroatoms. The molecule has 3 nitrogen and oxygen atoms in total. The van der Waals surface area contributed by atoms with E-state index in [1.54, 1.807) is 0 Å². The fourth-order valence-electron chi connectivity index (χ4n) is 6.84. The molecule has 1 saturated carbocycles. The van der Waals surface area contributed by atoms with Gasteiger partial charge in [0.25, 0.3) is 0 Å². The van der Waals surface area contributed by atoms with Gasteiger partial charge in [-0.2, -0.15) is 26.3 Å². The van der Waals surface area contributed by atoms with E-state index < -0.39 is 40.8 Å². The van der Waals surface area contributed by atoms with E-state index in [1.165, 1.54) is 19.1 Å². The second-order valence-corrected chi connectivity index (χ2v) is 12.1. The van der Waals surface area contributed by atoms with Gasteiger partial charge in [0.05, 0.1) is 22.6 Å². The van der Waals surface area contributed by atoms with E-state index in [-0.39, 0.29) is 23.5 Å². The van der Waals surface area contributed by atoms with Crippen molar-refractivity contribution in [3.8, 4) is 0 Å². The zero-order valence-electron chi connectivity index (χ0n) is 24.3. The van der Waals surface area contributed by atoms with E-state index in [0.717, 1.165) is 49.9 Å². The summed E-state index contributed by atoms with van der Waals surface area (Å²) in [7, 11) is 0. The quantitative estimate of drug-likeness (QED) is 0.280. The number of rotatable bonds is 6. The molecular weight excluding hydrogens is 585 g/mol. The number of carbonyl (C=O) groups excluding carboxylic acids is 1. The number of hydrogen-bond donors (Lipinski definition) is 1. The number of nitrogens with zero attached hydrogens (tertiary/aromatic N) is 1. The normalized spacial score (nSPS) is 22.9. The predicted molar refractivity (Wildman–Crippen MR) is 153 cm³/mol. The number of piperidine rings is 1. The molecule has 0 bridgehead atoms. The van der Waals surface area contributed by atoms with Gasteiger partial charge in [0.2, 0.25) is 5.91 Å². The Morgan fingerprint density at radius 1 is 0.818 bits per heavy atom. The Balaban J connectivity index is 1.31. The Bertz CT molecular complexity index is 1390. The number of hydrogen-bond acceptors (Lipinski definition) is 2. The minimum absolute atomic E-state index is 0.0905. The van der Waals surface area contributed by atoms with Gasteiger partial charge < -0.3 is 10.2 Å². The van der Waals surface area contributed by atoms with E-state index in [9.17, 15) is 35.5 Å². The molecule has 1 heterocycles. The Morgan fingerprint density at radius 2 is 1.36 bits per heavy atom. The molecule has 2 fully saturated rings. The third-order valence-electron chi connectivity index (χ3n) is 9.41. The lowest BCUT2D eigenvalue weighted by molar-refractivity contribution is -0.143. The summed E-state index contributed by atoms with van der Waals surface area (Å²) in [6, 6.07) is 16.4. The number of amides is 1. The van der Waals surface area contributed by atoms with Crippen molar-refractivity contribution in [3.05, 3.63) is 106 Å². The summed E-state index contributed by atoms with van der Waals surface area (Å²) < 4.78 is 94.2. The summed E-state index contributed by atoms with van der Waals surface area (Å²) in [5, 5.41) is 2.77. The molecule has 1 atom stereocenters. The highest BCUT2D eigenvalue weighted by molar-refractivity contribution is 5.88. The van der Waals surface area contributed by atoms with Gasteiger partial charge in [-0.25, -0.2) is 4.39 Å². The zero-order chi connectivity index (χ0) is 31.7. The van der Waals surface area contributed by atoms with Crippen molar-refractivity contribution in [2.45, 2.75) is 81.2 Å². The standard InChI is InChI=1S/C34H35F7N2O/c1-22(25-19-27(33(36,37)38)21-28(20-25)34(39,40)41)42-31(44)32(26-5-3-2-4-6-26)15-11-30(12-16-32)43-17-13-24(14-18-43)23-7-9-29(35)10-8-23/h2-10,19-22,24,30H,11-18H2,1H3,(H,42,44). The summed E-state index contributed by atoms with van der Waals surface area (Å²) in [6.45, 7) is 3.17. The minimum Gasteiger partial charge on any atom is -0.349 e. The van der Waals surface area contributed by atoms with Crippen LogP contribution in [-0.4, -0.2) is 29.9 Å². The number of likely N-dealkylation sites (tertiary alicyclic amines) is 1. The van der Waals surface area contributed by atoms with E-state index >= 15 is 0 Å². The van der Waals surface area contributed by atoms with Crippen molar-refractivity contribution in [1.82, 2.24) is 10.2 Å². The van der Waals surface area contributed by atoms with Crippen LogP contribution in [0.5, 0.6) is 0 Å². The first-order valence-electron chi connectivity index (χ1n) is 14.9. The monoisotopic (exact) mass is 620 g/mol. The lowest BCUT2D eigenvalue weighted by Gasteiger charge is -2.45. The highest BCUT2D eigenvalue weighted by Gasteiger charge is 2.45. The van der Waals surface area contributed by atoms with Crippen molar-refractivity contribution >= 4 is 5.91 Å². The third-order valence-corrected chi connectivity index (χ3v) is 9.41. The molecule has 5 rings (SSSR count). The van der Waals surface area contributed by atoms with Crippen LogP contribution in [0, 0.1) is 5.82 Å². The van der Waals surface area contributed by atoms with Crippen LogP contribution in [0.4, 0.5) is 30.7 Å². The summed E-state index contributed by atoms with van der Waals surface area (Å²) >= 11 is 0.